The Morgan fingerprint density at radius 1 is 1.73 bits per heavy atom. The summed E-state index contributed by atoms with van der Waals surface area (Å²) in [4.78, 5) is 12.4. The van der Waals surface area contributed by atoms with Gasteiger partial charge in [0.2, 0.25) is 5.91 Å². The minimum Gasteiger partial charge on any atom is -0.351 e. The lowest BCUT2D eigenvalue weighted by molar-refractivity contribution is -0.116. The predicted octanol–water partition coefficient (Wildman–Crippen LogP) is 1.61. The van der Waals surface area contributed by atoms with Crippen molar-refractivity contribution in [2.24, 2.45) is 5.73 Å². The van der Waals surface area contributed by atoms with Crippen LogP contribution in [0.2, 0.25) is 0 Å². The summed E-state index contributed by atoms with van der Waals surface area (Å²) in [5.41, 5.74) is 5.68. The average molecular weight is 224 g/mol. The molecule has 1 aromatic heterocycles. The van der Waals surface area contributed by atoms with Crippen LogP contribution in [0, 0.1) is 0 Å². The number of amides is 1. The first kappa shape index (κ1) is 11.9. The van der Waals surface area contributed by atoms with Gasteiger partial charge in [-0.25, -0.2) is 0 Å². The minimum absolute atomic E-state index is 0.0455. The van der Waals surface area contributed by atoms with E-state index in [1.807, 2.05) is 24.4 Å². The van der Waals surface area contributed by atoms with Gasteiger partial charge in [-0.1, -0.05) is 13.0 Å². The Morgan fingerprint density at radius 3 is 3.13 bits per heavy atom. The SMILES string of the molecule is CCC(N)CNC(=O)C=Cc1cccs1. The number of nitrogens with two attached hydrogens (primary N) is 1. The van der Waals surface area contributed by atoms with Gasteiger partial charge in [-0.15, -0.1) is 11.3 Å². The maximum absolute atomic E-state index is 11.3. The molecule has 0 aliphatic heterocycles. The van der Waals surface area contributed by atoms with Crippen molar-refractivity contribution < 1.29 is 4.79 Å². The maximum atomic E-state index is 11.3. The van der Waals surface area contributed by atoms with E-state index in [4.69, 9.17) is 5.73 Å². The van der Waals surface area contributed by atoms with Crippen molar-refractivity contribution >= 4 is 23.3 Å². The molecule has 1 amide bonds. The van der Waals surface area contributed by atoms with Gasteiger partial charge in [0, 0.05) is 23.5 Å². The van der Waals surface area contributed by atoms with Gasteiger partial charge in [0.15, 0.2) is 0 Å². The smallest absolute Gasteiger partial charge is 0.244 e. The zero-order chi connectivity index (χ0) is 11.1. The van der Waals surface area contributed by atoms with Crippen LogP contribution in [-0.2, 0) is 4.79 Å². The molecule has 1 aromatic rings. The van der Waals surface area contributed by atoms with Gasteiger partial charge in [-0.2, -0.15) is 0 Å². The summed E-state index contributed by atoms with van der Waals surface area (Å²) in [6, 6.07) is 3.96. The van der Waals surface area contributed by atoms with Gasteiger partial charge in [-0.05, 0) is 23.9 Å². The quantitative estimate of drug-likeness (QED) is 0.747. The van der Waals surface area contributed by atoms with E-state index in [1.54, 1.807) is 17.4 Å². The topological polar surface area (TPSA) is 55.1 Å². The van der Waals surface area contributed by atoms with Crippen molar-refractivity contribution in [2.75, 3.05) is 6.54 Å². The molecule has 1 unspecified atom stereocenters. The lowest BCUT2D eigenvalue weighted by Crippen LogP contribution is -2.35. The van der Waals surface area contributed by atoms with Crippen LogP contribution >= 0.6 is 11.3 Å². The molecule has 82 valence electrons. The molecule has 0 aliphatic rings. The number of carbonyl (C=O) groups excluding carboxylic acids is 1. The van der Waals surface area contributed by atoms with Crippen LogP contribution in [-0.4, -0.2) is 18.5 Å². The molecule has 3 nitrogen and oxygen atoms in total. The normalized spacial score (nSPS) is 12.9. The Morgan fingerprint density at radius 2 is 2.53 bits per heavy atom. The van der Waals surface area contributed by atoms with Crippen molar-refractivity contribution in [2.45, 2.75) is 19.4 Å². The number of rotatable bonds is 5. The second-order valence-electron chi connectivity index (χ2n) is 3.26. The van der Waals surface area contributed by atoms with Gasteiger partial charge in [0.1, 0.15) is 0 Å². The average Bonchev–Trinajstić information content (AvgIpc) is 2.75. The molecule has 0 bridgehead atoms. The molecule has 0 radical (unpaired) electrons. The summed E-state index contributed by atoms with van der Waals surface area (Å²) >= 11 is 1.60. The molecule has 0 saturated carbocycles. The number of nitrogens with one attached hydrogen (secondary N) is 1. The fourth-order valence-electron chi connectivity index (χ4n) is 0.979. The third kappa shape index (κ3) is 4.76. The van der Waals surface area contributed by atoms with E-state index in [-0.39, 0.29) is 11.9 Å². The molecule has 0 fully saturated rings. The Labute approximate surface area is 94.0 Å². The van der Waals surface area contributed by atoms with E-state index in [2.05, 4.69) is 5.32 Å². The van der Waals surface area contributed by atoms with Gasteiger partial charge in [0.25, 0.3) is 0 Å². The van der Waals surface area contributed by atoms with Crippen molar-refractivity contribution in [3.63, 3.8) is 0 Å². The molecule has 4 heteroatoms. The third-order valence-electron chi connectivity index (χ3n) is 2.01. The molecule has 1 heterocycles. The Balaban J connectivity index is 2.30. The molecule has 0 aromatic carbocycles. The highest BCUT2D eigenvalue weighted by atomic mass is 32.1. The molecule has 0 aliphatic carbocycles. The Bertz CT molecular complexity index is 319. The molecule has 1 atom stereocenters. The highest BCUT2D eigenvalue weighted by molar-refractivity contribution is 7.10. The van der Waals surface area contributed by atoms with E-state index >= 15 is 0 Å². The first-order valence-electron chi connectivity index (χ1n) is 4.97. The number of hydrogen-bond donors (Lipinski definition) is 2. The predicted molar refractivity (Wildman–Crippen MR) is 64.6 cm³/mol. The molecule has 3 N–H and O–H groups in total. The minimum atomic E-state index is -0.0905. The first-order valence-corrected chi connectivity index (χ1v) is 5.85. The lowest BCUT2D eigenvalue weighted by Gasteiger charge is -2.07. The molecular weight excluding hydrogens is 208 g/mol. The molecular formula is C11H16N2OS. The molecule has 0 spiro atoms. The van der Waals surface area contributed by atoms with Gasteiger partial charge < -0.3 is 11.1 Å². The highest BCUT2D eigenvalue weighted by Gasteiger charge is 2.00. The fourth-order valence-corrected chi connectivity index (χ4v) is 1.60. The monoisotopic (exact) mass is 224 g/mol. The summed E-state index contributed by atoms with van der Waals surface area (Å²) in [5.74, 6) is -0.0905. The second-order valence-corrected chi connectivity index (χ2v) is 4.24. The van der Waals surface area contributed by atoms with Crippen LogP contribution in [0.3, 0.4) is 0 Å². The Kier molecular flexibility index (Phi) is 5.07. The van der Waals surface area contributed by atoms with Gasteiger partial charge >= 0.3 is 0 Å². The number of thiophene rings is 1. The van der Waals surface area contributed by atoms with Crippen LogP contribution in [0.4, 0.5) is 0 Å². The van der Waals surface area contributed by atoms with E-state index in [9.17, 15) is 4.79 Å². The fraction of sp³-hybridized carbons (Fsp3) is 0.364. The molecule has 15 heavy (non-hydrogen) atoms. The summed E-state index contributed by atoms with van der Waals surface area (Å²) in [5, 5.41) is 4.73. The maximum Gasteiger partial charge on any atom is 0.244 e. The summed E-state index contributed by atoms with van der Waals surface area (Å²) in [6.45, 7) is 2.53. The lowest BCUT2D eigenvalue weighted by atomic mass is 10.2. The van der Waals surface area contributed by atoms with E-state index in [0.717, 1.165) is 11.3 Å². The van der Waals surface area contributed by atoms with Crippen LogP contribution in [0.15, 0.2) is 23.6 Å². The van der Waals surface area contributed by atoms with Crippen LogP contribution in [0.25, 0.3) is 6.08 Å². The van der Waals surface area contributed by atoms with Crippen molar-refractivity contribution in [3.8, 4) is 0 Å². The largest absolute Gasteiger partial charge is 0.351 e. The van der Waals surface area contributed by atoms with E-state index in [0.29, 0.717) is 6.54 Å². The van der Waals surface area contributed by atoms with Crippen LogP contribution < -0.4 is 11.1 Å². The summed E-state index contributed by atoms with van der Waals surface area (Å²) < 4.78 is 0. The first-order chi connectivity index (χ1) is 7.22. The van der Waals surface area contributed by atoms with Crippen molar-refractivity contribution in [3.05, 3.63) is 28.5 Å². The van der Waals surface area contributed by atoms with Gasteiger partial charge in [0.05, 0.1) is 0 Å². The zero-order valence-corrected chi connectivity index (χ0v) is 9.59. The summed E-state index contributed by atoms with van der Waals surface area (Å²) in [6.07, 6.45) is 4.21. The van der Waals surface area contributed by atoms with Crippen molar-refractivity contribution in [1.29, 1.82) is 0 Å². The second kappa shape index (κ2) is 6.37. The van der Waals surface area contributed by atoms with E-state index < -0.39 is 0 Å². The zero-order valence-electron chi connectivity index (χ0n) is 8.77. The van der Waals surface area contributed by atoms with Crippen molar-refractivity contribution in [1.82, 2.24) is 5.32 Å². The van der Waals surface area contributed by atoms with Crippen LogP contribution in [0.1, 0.15) is 18.2 Å². The molecule has 0 saturated heterocycles. The summed E-state index contributed by atoms with van der Waals surface area (Å²) in [7, 11) is 0. The number of hydrogen-bond acceptors (Lipinski definition) is 3. The molecule has 1 rings (SSSR count). The van der Waals surface area contributed by atoms with E-state index in [1.165, 1.54) is 6.08 Å². The third-order valence-corrected chi connectivity index (χ3v) is 2.84. The van der Waals surface area contributed by atoms with Gasteiger partial charge in [-0.3, -0.25) is 4.79 Å². The Hall–Kier alpha value is -1.13. The van der Waals surface area contributed by atoms with Crippen LogP contribution in [0.5, 0.6) is 0 Å². The number of carbonyl (C=O) groups is 1. The standard InChI is InChI=1S/C11H16N2OS/c1-2-9(12)8-13-11(14)6-5-10-4-3-7-15-10/h3-7,9H,2,8,12H2,1H3,(H,13,14). The highest BCUT2D eigenvalue weighted by Crippen LogP contribution is 2.09.